The summed E-state index contributed by atoms with van der Waals surface area (Å²) in [4.78, 5) is 0. The van der Waals surface area contributed by atoms with Crippen LogP contribution < -0.4 is 0 Å². The largest absolute Gasteiger partial charge is 0.508 e. The van der Waals surface area contributed by atoms with Gasteiger partial charge in [-0.3, -0.25) is 0 Å². The second-order valence-corrected chi connectivity index (χ2v) is 4.37. The molecule has 1 aliphatic rings. The fraction of sp³-hybridized carbons (Fsp3) is 0.538. The molecule has 0 aliphatic heterocycles. The Bertz CT molecular complexity index is 356. The van der Waals surface area contributed by atoms with Gasteiger partial charge in [-0.2, -0.15) is 0 Å². The Morgan fingerprint density at radius 3 is 2.60 bits per heavy atom. The zero-order valence-electron chi connectivity index (χ0n) is 9.16. The molecule has 1 atom stereocenters. The molecule has 1 unspecified atom stereocenters. The van der Waals surface area contributed by atoms with Crippen molar-refractivity contribution in [1.82, 2.24) is 0 Å². The predicted molar refractivity (Wildman–Crippen MR) is 60.0 cm³/mol. The van der Waals surface area contributed by atoms with Crippen molar-refractivity contribution in [1.29, 1.82) is 0 Å². The standard InChI is InChI=1S/C13H18O2/c1-9(14)13-11-6-4-2-3-5-10(11)7-8-12(13)15/h7-9,14-15H,2-6H2,1H3. The maximum atomic E-state index is 9.77. The molecule has 2 rings (SSSR count). The Morgan fingerprint density at radius 2 is 1.87 bits per heavy atom. The number of aromatic hydroxyl groups is 1. The fourth-order valence-corrected chi connectivity index (χ4v) is 2.49. The number of hydrogen-bond donors (Lipinski definition) is 2. The van der Waals surface area contributed by atoms with E-state index in [1.54, 1.807) is 13.0 Å². The normalized spacial score (nSPS) is 18.0. The van der Waals surface area contributed by atoms with Gasteiger partial charge >= 0.3 is 0 Å². The summed E-state index contributed by atoms with van der Waals surface area (Å²) in [6.07, 6.45) is 5.12. The van der Waals surface area contributed by atoms with Gasteiger partial charge in [0.25, 0.3) is 0 Å². The number of aliphatic hydroxyl groups is 1. The van der Waals surface area contributed by atoms with E-state index in [0.717, 1.165) is 24.8 Å². The number of rotatable bonds is 1. The molecule has 1 aromatic carbocycles. The van der Waals surface area contributed by atoms with Gasteiger partial charge < -0.3 is 10.2 Å². The number of aryl methyl sites for hydroxylation is 1. The predicted octanol–water partition coefficient (Wildman–Crippen LogP) is 2.71. The molecule has 0 saturated heterocycles. The first-order chi connectivity index (χ1) is 7.20. The maximum Gasteiger partial charge on any atom is 0.121 e. The van der Waals surface area contributed by atoms with E-state index < -0.39 is 6.10 Å². The summed E-state index contributed by atoms with van der Waals surface area (Å²) < 4.78 is 0. The number of aliphatic hydroxyl groups excluding tert-OH is 1. The molecule has 0 aromatic heterocycles. The minimum absolute atomic E-state index is 0.241. The minimum atomic E-state index is -0.571. The monoisotopic (exact) mass is 206 g/mol. The topological polar surface area (TPSA) is 40.5 Å². The summed E-state index contributed by atoms with van der Waals surface area (Å²) in [5, 5.41) is 19.5. The molecule has 2 N–H and O–H groups in total. The van der Waals surface area contributed by atoms with Gasteiger partial charge in [-0.15, -0.1) is 0 Å². The average molecular weight is 206 g/mol. The molecule has 0 radical (unpaired) electrons. The second-order valence-electron chi connectivity index (χ2n) is 4.37. The van der Waals surface area contributed by atoms with Crippen LogP contribution >= 0.6 is 0 Å². The summed E-state index contributed by atoms with van der Waals surface area (Å²) in [5.74, 6) is 0.241. The Hall–Kier alpha value is -1.02. The molecule has 0 spiro atoms. The number of phenolic OH excluding ortho intramolecular Hbond substituents is 1. The van der Waals surface area contributed by atoms with E-state index in [0.29, 0.717) is 0 Å². The highest BCUT2D eigenvalue weighted by Crippen LogP contribution is 2.33. The minimum Gasteiger partial charge on any atom is -0.508 e. The summed E-state index contributed by atoms with van der Waals surface area (Å²) in [5.41, 5.74) is 3.23. The van der Waals surface area contributed by atoms with Gasteiger partial charge in [0.05, 0.1) is 6.10 Å². The molecule has 0 saturated carbocycles. The lowest BCUT2D eigenvalue weighted by atomic mass is 9.93. The van der Waals surface area contributed by atoms with E-state index in [9.17, 15) is 10.2 Å². The van der Waals surface area contributed by atoms with Crippen molar-refractivity contribution in [2.75, 3.05) is 0 Å². The van der Waals surface area contributed by atoms with Gasteiger partial charge in [0.15, 0.2) is 0 Å². The molecule has 1 aliphatic carbocycles. The van der Waals surface area contributed by atoms with Crippen LogP contribution in [0.3, 0.4) is 0 Å². The molecule has 0 heterocycles. The fourth-order valence-electron chi connectivity index (χ4n) is 2.49. The van der Waals surface area contributed by atoms with Crippen LogP contribution in [0, 0.1) is 0 Å². The van der Waals surface area contributed by atoms with Gasteiger partial charge in [-0.05, 0) is 49.8 Å². The Labute approximate surface area is 90.6 Å². The van der Waals surface area contributed by atoms with Crippen LogP contribution in [0.2, 0.25) is 0 Å². The Balaban J connectivity index is 2.51. The number of hydrogen-bond acceptors (Lipinski definition) is 2. The highest BCUT2D eigenvalue weighted by Gasteiger charge is 2.18. The molecule has 2 nitrogen and oxygen atoms in total. The van der Waals surface area contributed by atoms with Crippen molar-refractivity contribution in [2.24, 2.45) is 0 Å². The summed E-state index contributed by atoms with van der Waals surface area (Å²) in [6, 6.07) is 3.72. The lowest BCUT2D eigenvalue weighted by Gasteiger charge is -2.16. The van der Waals surface area contributed by atoms with Gasteiger partial charge in [0, 0.05) is 5.56 Å². The first-order valence-electron chi connectivity index (χ1n) is 5.72. The molecular formula is C13H18O2. The van der Waals surface area contributed by atoms with Crippen molar-refractivity contribution in [3.63, 3.8) is 0 Å². The van der Waals surface area contributed by atoms with Crippen LogP contribution in [0.15, 0.2) is 12.1 Å². The van der Waals surface area contributed by atoms with Crippen LogP contribution in [0.4, 0.5) is 0 Å². The van der Waals surface area contributed by atoms with Crippen molar-refractivity contribution in [3.8, 4) is 5.75 Å². The molecular weight excluding hydrogens is 188 g/mol. The third-order valence-corrected chi connectivity index (χ3v) is 3.22. The highest BCUT2D eigenvalue weighted by atomic mass is 16.3. The van der Waals surface area contributed by atoms with E-state index in [1.165, 1.54) is 24.0 Å². The summed E-state index contributed by atoms with van der Waals surface area (Å²) in [6.45, 7) is 1.72. The zero-order chi connectivity index (χ0) is 10.8. The van der Waals surface area contributed by atoms with Gasteiger partial charge in [0.1, 0.15) is 5.75 Å². The zero-order valence-corrected chi connectivity index (χ0v) is 9.16. The molecule has 1 aromatic rings. The number of fused-ring (bicyclic) bond motifs is 1. The quantitative estimate of drug-likeness (QED) is 0.693. The van der Waals surface area contributed by atoms with Crippen molar-refractivity contribution < 1.29 is 10.2 Å². The molecule has 2 heteroatoms. The highest BCUT2D eigenvalue weighted by molar-refractivity contribution is 5.46. The van der Waals surface area contributed by atoms with Crippen molar-refractivity contribution in [3.05, 3.63) is 28.8 Å². The number of phenols is 1. The third-order valence-electron chi connectivity index (χ3n) is 3.22. The van der Waals surface area contributed by atoms with E-state index in [2.05, 4.69) is 0 Å². The van der Waals surface area contributed by atoms with Crippen molar-refractivity contribution >= 4 is 0 Å². The Morgan fingerprint density at radius 1 is 1.13 bits per heavy atom. The van der Waals surface area contributed by atoms with Crippen LogP contribution in [0.1, 0.15) is 49.0 Å². The van der Waals surface area contributed by atoms with E-state index in [1.807, 2.05) is 6.07 Å². The van der Waals surface area contributed by atoms with Crippen LogP contribution in [-0.4, -0.2) is 10.2 Å². The average Bonchev–Trinajstić information content (AvgIpc) is 2.41. The third kappa shape index (κ3) is 2.00. The molecule has 0 bridgehead atoms. The van der Waals surface area contributed by atoms with Gasteiger partial charge in [-0.1, -0.05) is 12.5 Å². The maximum absolute atomic E-state index is 9.77. The summed E-state index contributed by atoms with van der Waals surface area (Å²) >= 11 is 0. The van der Waals surface area contributed by atoms with Crippen LogP contribution in [-0.2, 0) is 12.8 Å². The smallest absolute Gasteiger partial charge is 0.121 e. The molecule has 82 valence electrons. The Kier molecular flexibility index (Phi) is 2.96. The number of benzene rings is 1. The van der Waals surface area contributed by atoms with Crippen LogP contribution in [0.25, 0.3) is 0 Å². The molecule has 0 fully saturated rings. The first-order valence-corrected chi connectivity index (χ1v) is 5.72. The lowest BCUT2D eigenvalue weighted by molar-refractivity contribution is 0.193. The van der Waals surface area contributed by atoms with Crippen LogP contribution in [0.5, 0.6) is 5.75 Å². The summed E-state index contributed by atoms with van der Waals surface area (Å²) in [7, 11) is 0. The SMILES string of the molecule is CC(O)c1c(O)ccc2c1CCCCC2. The first kappa shape index (κ1) is 10.5. The molecule has 15 heavy (non-hydrogen) atoms. The van der Waals surface area contributed by atoms with Gasteiger partial charge in [0.2, 0.25) is 0 Å². The second kappa shape index (κ2) is 4.23. The lowest BCUT2D eigenvalue weighted by Crippen LogP contribution is -2.02. The molecule has 0 amide bonds. The van der Waals surface area contributed by atoms with E-state index in [-0.39, 0.29) is 5.75 Å². The van der Waals surface area contributed by atoms with E-state index >= 15 is 0 Å². The van der Waals surface area contributed by atoms with E-state index in [4.69, 9.17) is 0 Å². The van der Waals surface area contributed by atoms with Gasteiger partial charge in [-0.25, -0.2) is 0 Å². The van der Waals surface area contributed by atoms with Crippen molar-refractivity contribution in [2.45, 2.75) is 45.1 Å².